The molecule has 1 heterocycles. The molecule has 17 heavy (non-hydrogen) atoms. The predicted octanol–water partition coefficient (Wildman–Crippen LogP) is 1.16. The van der Waals surface area contributed by atoms with Gasteiger partial charge < -0.3 is 5.32 Å². The molecule has 4 unspecified atom stereocenters. The quantitative estimate of drug-likeness (QED) is 0.734. The summed E-state index contributed by atoms with van der Waals surface area (Å²) in [5.74, 6) is 1.18. The van der Waals surface area contributed by atoms with Crippen LogP contribution in [0.1, 0.15) is 39.5 Å². The van der Waals surface area contributed by atoms with Gasteiger partial charge in [-0.2, -0.15) is 0 Å². The van der Waals surface area contributed by atoms with Crippen molar-refractivity contribution < 1.29 is 9.59 Å². The number of likely N-dealkylation sites (tertiary alicyclic amines) is 1. The molecular formula is C13H22N2O2. The molecule has 0 spiro atoms. The highest BCUT2D eigenvalue weighted by Crippen LogP contribution is 2.29. The van der Waals surface area contributed by atoms with E-state index in [0.717, 1.165) is 6.42 Å². The number of likely N-dealkylation sites (N-methyl/N-ethyl adjacent to an activating group) is 1. The minimum Gasteiger partial charge on any atom is -0.302 e. The Bertz CT molecular complexity index is 329. The maximum atomic E-state index is 11.8. The Morgan fingerprint density at radius 2 is 1.94 bits per heavy atom. The minimum absolute atomic E-state index is 0.0657. The fourth-order valence-corrected chi connectivity index (χ4v) is 2.91. The molecule has 0 aromatic rings. The lowest BCUT2D eigenvalue weighted by molar-refractivity contribution is -0.137. The zero-order valence-electron chi connectivity index (χ0n) is 10.9. The summed E-state index contributed by atoms with van der Waals surface area (Å²) in [6, 6.07) is 0.0947. The van der Waals surface area contributed by atoms with Crippen LogP contribution in [0.25, 0.3) is 0 Å². The third-order valence-corrected chi connectivity index (χ3v) is 4.25. The second-order valence-electron chi connectivity index (χ2n) is 5.72. The fourth-order valence-electron chi connectivity index (χ4n) is 2.91. The van der Waals surface area contributed by atoms with E-state index in [2.05, 4.69) is 19.2 Å². The van der Waals surface area contributed by atoms with E-state index in [1.54, 1.807) is 7.05 Å². The molecule has 0 bridgehead atoms. The zero-order chi connectivity index (χ0) is 12.6. The lowest BCUT2D eigenvalue weighted by Gasteiger charge is -2.34. The van der Waals surface area contributed by atoms with Crippen molar-refractivity contribution >= 4 is 11.8 Å². The molecule has 96 valence electrons. The average Bonchev–Trinajstić information content (AvgIpc) is 2.52. The standard InChI is InChI=1S/C13H22N2O2/c1-8-4-5-9(2)10(6-8)14-11-7-12(16)15(3)13(11)17/h8-11,14H,4-7H2,1-3H3. The number of imide groups is 1. The van der Waals surface area contributed by atoms with Gasteiger partial charge in [0.1, 0.15) is 0 Å². The highest BCUT2D eigenvalue weighted by molar-refractivity contribution is 6.05. The SMILES string of the molecule is CC1CCC(C)C(NC2CC(=O)N(C)C2=O)C1. The highest BCUT2D eigenvalue weighted by atomic mass is 16.2. The summed E-state index contributed by atoms with van der Waals surface area (Å²) in [4.78, 5) is 24.5. The molecular weight excluding hydrogens is 216 g/mol. The number of carbonyl (C=O) groups excluding carboxylic acids is 2. The van der Waals surface area contributed by atoms with E-state index < -0.39 is 0 Å². The summed E-state index contributed by atoms with van der Waals surface area (Å²) in [7, 11) is 1.57. The third kappa shape index (κ3) is 2.51. The van der Waals surface area contributed by atoms with Crippen molar-refractivity contribution in [2.45, 2.75) is 51.6 Å². The number of amides is 2. The van der Waals surface area contributed by atoms with Crippen LogP contribution in [0.15, 0.2) is 0 Å². The van der Waals surface area contributed by atoms with E-state index in [9.17, 15) is 9.59 Å². The summed E-state index contributed by atoms with van der Waals surface area (Å²) in [5, 5.41) is 3.40. The van der Waals surface area contributed by atoms with Crippen LogP contribution in [0.2, 0.25) is 0 Å². The van der Waals surface area contributed by atoms with E-state index in [4.69, 9.17) is 0 Å². The van der Waals surface area contributed by atoms with Crippen LogP contribution in [0.5, 0.6) is 0 Å². The summed E-state index contributed by atoms with van der Waals surface area (Å²) in [6.45, 7) is 4.49. The maximum absolute atomic E-state index is 11.8. The van der Waals surface area contributed by atoms with Gasteiger partial charge >= 0.3 is 0 Å². The second-order valence-corrected chi connectivity index (χ2v) is 5.72. The van der Waals surface area contributed by atoms with E-state index >= 15 is 0 Å². The number of rotatable bonds is 2. The van der Waals surface area contributed by atoms with Gasteiger partial charge in [0.2, 0.25) is 11.8 Å². The molecule has 2 rings (SSSR count). The smallest absolute Gasteiger partial charge is 0.246 e. The lowest BCUT2D eigenvalue weighted by Crippen LogP contribution is -2.47. The molecule has 4 heteroatoms. The minimum atomic E-state index is -0.287. The normalized spacial score (nSPS) is 38.9. The van der Waals surface area contributed by atoms with Crippen LogP contribution in [0.4, 0.5) is 0 Å². The van der Waals surface area contributed by atoms with E-state index in [1.807, 2.05) is 0 Å². The van der Waals surface area contributed by atoms with Gasteiger partial charge in [-0.05, 0) is 24.7 Å². The van der Waals surface area contributed by atoms with E-state index in [-0.39, 0.29) is 17.9 Å². The first-order chi connectivity index (χ1) is 7.99. The Morgan fingerprint density at radius 1 is 1.24 bits per heavy atom. The van der Waals surface area contributed by atoms with Crippen molar-refractivity contribution in [1.82, 2.24) is 10.2 Å². The van der Waals surface area contributed by atoms with Crippen molar-refractivity contribution in [3.05, 3.63) is 0 Å². The van der Waals surface area contributed by atoms with Crippen LogP contribution in [-0.4, -0.2) is 35.8 Å². The zero-order valence-corrected chi connectivity index (χ0v) is 10.9. The Balaban J connectivity index is 1.96. The monoisotopic (exact) mass is 238 g/mol. The summed E-state index contributed by atoms with van der Waals surface area (Å²) in [6.07, 6.45) is 3.93. The van der Waals surface area contributed by atoms with Gasteiger partial charge in [0.25, 0.3) is 0 Å². The first-order valence-corrected chi connectivity index (χ1v) is 6.55. The van der Waals surface area contributed by atoms with Crippen LogP contribution in [0.3, 0.4) is 0 Å². The molecule has 2 aliphatic rings. The Kier molecular flexibility index (Phi) is 3.52. The number of nitrogens with one attached hydrogen (secondary N) is 1. The van der Waals surface area contributed by atoms with Gasteiger partial charge in [-0.25, -0.2) is 0 Å². The highest BCUT2D eigenvalue weighted by Gasteiger charge is 2.38. The number of hydrogen-bond donors (Lipinski definition) is 1. The molecule has 0 radical (unpaired) electrons. The molecule has 1 saturated carbocycles. The summed E-state index contributed by atoms with van der Waals surface area (Å²) in [5.41, 5.74) is 0. The Labute approximate surface area is 103 Å². The molecule has 2 fully saturated rings. The molecule has 1 aliphatic heterocycles. The second kappa shape index (κ2) is 4.77. The molecule has 4 nitrogen and oxygen atoms in total. The average molecular weight is 238 g/mol. The van der Waals surface area contributed by atoms with Crippen molar-refractivity contribution in [2.75, 3.05) is 7.05 Å². The van der Waals surface area contributed by atoms with Crippen LogP contribution >= 0.6 is 0 Å². The largest absolute Gasteiger partial charge is 0.302 e. The van der Waals surface area contributed by atoms with Gasteiger partial charge in [-0.15, -0.1) is 0 Å². The predicted molar refractivity (Wildman–Crippen MR) is 65.3 cm³/mol. The lowest BCUT2D eigenvalue weighted by atomic mass is 9.80. The molecule has 1 N–H and O–H groups in total. The summed E-state index contributed by atoms with van der Waals surface area (Å²) >= 11 is 0. The number of hydrogen-bond acceptors (Lipinski definition) is 3. The topological polar surface area (TPSA) is 49.4 Å². The Morgan fingerprint density at radius 3 is 2.53 bits per heavy atom. The van der Waals surface area contributed by atoms with Crippen molar-refractivity contribution in [3.8, 4) is 0 Å². The van der Waals surface area contributed by atoms with Crippen LogP contribution in [0, 0.1) is 11.8 Å². The van der Waals surface area contributed by atoms with Gasteiger partial charge in [0.05, 0.1) is 12.5 Å². The molecule has 0 aromatic heterocycles. The molecule has 1 saturated heterocycles. The maximum Gasteiger partial charge on any atom is 0.246 e. The molecule has 2 amide bonds. The van der Waals surface area contributed by atoms with Crippen molar-refractivity contribution in [3.63, 3.8) is 0 Å². The molecule has 0 aromatic carbocycles. The van der Waals surface area contributed by atoms with Gasteiger partial charge in [-0.1, -0.05) is 20.3 Å². The third-order valence-electron chi connectivity index (χ3n) is 4.25. The Hall–Kier alpha value is -0.900. The van der Waals surface area contributed by atoms with Gasteiger partial charge in [0, 0.05) is 13.1 Å². The first-order valence-electron chi connectivity index (χ1n) is 6.55. The van der Waals surface area contributed by atoms with E-state index in [0.29, 0.717) is 24.3 Å². The van der Waals surface area contributed by atoms with Crippen molar-refractivity contribution in [2.24, 2.45) is 11.8 Å². The fraction of sp³-hybridized carbons (Fsp3) is 0.846. The molecule has 1 aliphatic carbocycles. The van der Waals surface area contributed by atoms with E-state index in [1.165, 1.54) is 17.7 Å². The van der Waals surface area contributed by atoms with Gasteiger partial charge in [-0.3, -0.25) is 14.5 Å². The van der Waals surface area contributed by atoms with Crippen molar-refractivity contribution in [1.29, 1.82) is 0 Å². The van der Waals surface area contributed by atoms with Crippen LogP contribution < -0.4 is 5.32 Å². The molecule has 4 atom stereocenters. The van der Waals surface area contributed by atoms with Crippen LogP contribution in [-0.2, 0) is 9.59 Å². The number of nitrogens with zero attached hydrogens (tertiary/aromatic N) is 1. The first kappa shape index (κ1) is 12.6. The van der Waals surface area contributed by atoms with Gasteiger partial charge in [0.15, 0.2) is 0 Å². The summed E-state index contributed by atoms with van der Waals surface area (Å²) < 4.78 is 0. The number of carbonyl (C=O) groups is 2.